The number of hydrogen-bond acceptors (Lipinski definition) is 6. The number of benzene rings is 2. The molecule has 1 aromatic heterocycles. The SMILES string of the molecule is C(=NOCCOc1ccc(CC2CNCS2)cc1)c1ccc(-c2ccccc2)nc1. The molecule has 5 nitrogen and oxygen atoms in total. The van der Waals surface area contributed by atoms with E-state index in [1.54, 1.807) is 12.4 Å². The highest BCUT2D eigenvalue weighted by atomic mass is 32.2. The fraction of sp³-hybridized carbons (Fsp3) is 0.250. The molecule has 1 unspecified atom stereocenters. The molecule has 0 amide bonds. The van der Waals surface area contributed by atoms with E-state index < -0.39 is 0 Å². The van der Waals surface area contributed by atoms with E-state index in [1.165, 1.54) is 5.56 Å². The molecule has 4 rings (SSSR count). The van der Waals surface area contributed by atoms with Gasteiger partial charge < -0.3 is 14.9 Å². The van der Waals surface area contributed by atoms with Crippen LogP contribution in [0.25, 0.3) is 11.3 Å². The van der Waals surface area contributed by atoms with E-state index in [9.17, 15) is 0 Å². The minimum absolute atomic E-state index is 0.387. The Morgan fingerprint density at radius 2 is 1.90 bits per heavy atom. The van der Waals surface area contributed by atoms with E-state index >= 15 is 0 Å². The molecule has 2 aromatic carbocycles. The predicted molar refractivity (Wildman–Crippen MR) is 123 cm³/mol. The number of nitrogens with zero attached hydrogens (tertiary/aromatic N) is 2. The number of thioether (sulfide) groups is 1. The molecule has 3 aromatic rings. The van der Waals surface area contributed by atoms with Gasteiger partial charge in [-0.1, -0.05) is 47.6 Å². The highest BCUT2D eigenvalue weighted by Gasteiger charge is 2.15. The molecule has 0 aliphatic carbocycles. The van der Waals surface area contributed by atoms with Gasteiger partial charge in [-0.05, 0) is 36.2 Å². The third-order valence-electron chi connectivity index (χ3n) is 4.76. The molecule has 1 fully saturated rings. The summed E-state index contributed by atoms with van der Waals surface area (Å²) in [6, 6.07) is 22.3. The first kappa shape index (κ1) is 20.4. The van der Waals surface area contributed by atoms with Crippen molar-refractivity contribution in [1.29, 1.82) is 0 Å². The zero-order valence-electron chi connectivity index (χ0n) is 16.7. The number of rotatable bonds is 9. The van der Waals surface area contributed by atoms with E-state index in [0.717, 1.165) is 41.4 Å². The number of oxime groups is 1. The minimum atomic E-state index is 0.387. The van der Waals surface area contributed by atoms with Gasteiger partial charge in [0.2, 0.25) is 0 Å². The van der Waals surface area contributed by atoms with Crippen molar-refractivity contribution in [3.8, 4) is 17.0 Å². The molecule has 1 aliphatic heterocycles. The summed E-state index contributed by atoms with van der Waals surface area (Å²) < 4.78 is 5.72. The molecule has 0 bridgehead atoms. The molecule has 154 valence electrons. The van der Waals surface area contributed by atoms with Crippen LogP contribution in [0.5, 0.6) is 5.75 Å². The van der Waals surface area contributed by atoms with Crippen molar-refractivity contribution in [2.75, 3.05) is 25.6 Å². The highest BCUT2D eigenvalue weighted by molar-refractivity contribution is 8.00. The Morgan fingerprint density at radius 3 is 2.63 bits per heavy atom. The van der Waals surface area contributed by atoms with Gasteiger partial charge in [-0.2, -0.15) is 0 Å². The van der Waals surface area contributed by atoms with E-state index in [0.29, 0.717) is 18.5 Å². The Bertz CT molecular complexity index is 925. The summed E-state index contributed by atoms with van der Waals surface area (Å²) in [6.45, 7) is 1.93. The van der Waals surface area contributed by atoms with Crippen LogP contribution in [0.3, 0.4) is 0 Å². The fourth-order valence-corrected chi connectivity index (χ4v) is 4.20. The molecule has 0 saturated carbocycles. The van der Waals surface area contributed by atoms with Crippen LogP contribution < -0.4 is 10.1 Å². The van der Waals surface area contributed by atoms with Crippen LogP contribution in [0.1, 0.15) is 11.1 Å². The Morgan fingerprint density at radius 1 is 1.03 bits per heavy atom. The summed E-state index contributed by atoms with van der Waals surface area (Å²) in [5.41, 5.74) is 4.27. The molecule has 1 saturated heterocycles. The number of hydrogen-bond donors (Lipinski definition) is 1. The Balaban J connectivity index is 1.16. The van der Waals surface area contributed by atoms with E-state index in [4.69, 9.17) is 9.57 Å². The normalized spacial score (nSPS) is 16.1. The van der Waals surface area contributed by atoms with E-state index in [2.05, 4.69) is 27.6 Å². The lowest BCUT2D eigenvalue weighted by molar-refractivity contribution is 0.108. The summed E-state index contributed by atoms with van der Waals surface area (Å²) in [5.74, 6) is 1.91. The summed E-state index contributed by atoms with van der Waals surface area (Å²) in [4.78, 5) is 9.76. The van der Waals surface area contributed by atoms with Crippen LogP contribution in [-0.2, 0) is 11.3 Å². The molecule has 30 heavy (non-hydrogen) atoms. The lowest BCUT2D eigenvalue weighted by Crippen LogP contribution is -2.14. The van der Waals surface area contributed by atoms with Crippen LogP contribution in [0.4, 0.5) is 0 Å². The van der Waals surface area contributed by atoms with Crippen molar-refractivity contribution >= 4 is 18.0 Å². The monoisotopic (exact) mass is 419 g/mol. The zero-order valence-corrected chi connectivity index (χ0v) is 17.6. The summed E-state index contributed by atoms with van der Waals surface area (Å²) in [5, 5.41) is 8.04. The second kappa shape index (κ2) is 10.8. The van der Waals surface area contributed by atoms with E-state index in [-0.39, 0.29) is 0 Å². The van der Waals surface area contributed by atoms with Gasteiger partial charge >= 0.3 is 0 Å². The van der Waals surface area contributed by atoms with Crippen LogP contribution in [0, 0.1) is 0 Å². The van der Waals surface area contributed by atoms with Gasteiger partial charge in [0.1, 0.15) is 12.4 Å². The zero-order chi connectivity index (χ0) is 20.4. The largest absolute Gasteiger partial charge is 0.490 e. The van der Waals surface area contributed by atoms with Crippen molar-refractivity contribution in [3.05, 3.63) is 84.1 Å². The van der Waals surface area contributed by atoms with Crippen molar-refractivity contribution < 1.29 is 9.57 Å². The molecule has 1 atom stereocenters. The second-order valence-corrected chi connectivity index (χ2v) is 8.28. The molecule has 1 aliphatic rings. The molecular formula is C24H25N3O2S. The van der Waals surface area contributed by atoms with Gasteiger partial charge in [-0.3, -0.25) is 4.98 Å². The highest BCUT2D eigenvalue weighted by Crippen LogP contribution is 2.21. The van der Waals surface area contributed by atoms with Gasteiger partial charge in [0.15, 0.2) is 6.61 Å². The minimum Gasteiger partial charge on any atom is -0.490 e. The van der Waals surface area contributed by atoms with Crippen LogP contribution >= 0.6 is 11.8 Å². The quantitative estimate of drug-likeness (QED) is 0.317. The van der Waals surface area contributed by atoms with Gasteiger partial charge in [-0.15, -0.1) is 11.8 Å². The lowest BCUT2D eigenvalue weighted by Gasteiger charge is -2.09. The Labute approximate surface area is 181 Å². The average molecular weight is 420 g/mol. The molecule has 0 radical (unpaired) electrons. The number of pyridine rings is 1. The van der Waals surface area contributed by atoms with Gasteiger partial charge in [-0.25, -0.2) is 0 Å². The number of nitrogens with one attached hydrogen (secondary N) is 1. The Kier molecular flexibility index (Phi) is 7.36. The van der Waals surface area contributed by atoms with Crippen LogP contribution in [0.15, 0.2) is 78.1 Å². The standard InChI is InChI=1S/C24H25N3O2S/c1-2-4-21(5-3-1)24-11-8-20(15-26-24)16-27-29-13-12-28-22-9-6-19(7-10-22)14-23-17-25-18-30-23/h1-11,15-16,23,25H,12-14,17-18H2. The predicted octanol–water partition coefficient (Wildman–Crippen LogP) is 4.38. The van der Waals surface area contributed by atoms with Gasteiger partial charge in [0.05, 0.1) is 11.9 Å². The molecule has 2 heterocycles. The van der Waals surface area contributed by atoms with Crippen molar-refractivity contribution in [2.24, 2.45) is 5.16 Å². The number of ether oxygens (including phenoxy) is 1. The van der Waals surface area contributed by atoms with Crippen LogP contribution in [0.2, 0.25) is 0 Å². The second-order valence-electron chi connectivity index (χ2n) is 6.99. The first-order chi connectivity index (χ1) is 14.9. The first-order valence-corrected chi connectivity index (χ1v) is 11.1. The van der Waals surface area contributed by atoms with Gasteiger partial charge in [0.25, 0.3) is 0 Å². The fourth-order valence-electron chi connectivity index (χ4n) is 3.18. The average Bonchev–Trinajstić information content (AvgIpc) is 3.31. The van der Waals surface area contributed by atoms with Crippen molar-refractivity contribution in [1.82, 2.24) is 10.3 Å². The van der Waals surface area contributed by atoms with Crippen molar-refractivity contribution in [3.63, 3.8) is 0 Å². The van der Waals surface area contributed by atoms with E-state index in [1.807, 2.05) is 66.4 Å². The molecule has 0 spiro atoms. The van der Waals surface area contributed by atoms with Crippen LogP contribution in [-0.4, -0.2) is 42.1 Å². The van der Waals surface area contributed by atoms with Crippen molar-refractivity contribution in [2.45, 2.75) is 11.7 Å². The lowest BCUT2D eigenvalue weighted by atomic mass is 10.1. The number of aromatic nitrogens is 1. The third-order valence-corrected chi connectivity index (χ3v) is 5.93. The topological polar surface area (TPSA) is 55.7 Å². The summed E-state index contributed by atoms with van der Waals surface area (Å²) in [7, 11) is 0. The third kappa shape index (κ3) is 6.08. The summed E-state index contributed by atoms with van der Waals surface area (Å²) >= 11 is 1.98. The molecule has 6 heteroatoms. The molecular weight excluding hydrogens is 394 g/mol. The molecule has 1 N–H and O–H groups in total. The smallest absolute Gasteiger partial charge is 0.151 e. The Hall–Kier alpha value is -2.83. The first-order valence-electron chi connectivity index (χ1n) is 10.1. The maximum atomic E-state index is 5.72. The maximum absolute atomic E-state index is 5.72. The summed E-state index contributed by atoms with van der Waals surface area (Å²) in [6.07, 6.45) is 4.54. The maximum Gasteiger partial charge on any atom is 0.151 e. The van der Waals surface area contributed by atoms with Gasteiger partial charge in [0, 0.05) is 35.0 Å².